The number of amides is 1. The molecule has 3 rings (SSSR count). The summed E-state index contributed by atoms with van der Waals surface area (Å²) in [7, 11) is 0. The van der Waals surface area contributed by atoms with Crippen LogP contribution in [-0.2, 0) is 0 Å². The van der Waals surface area contributed by atoms with Crippen LogP contribution in [0.15, 0.2) is 24.3 Å². The molecule has 19 heavy (non-hydrogen) atoms. The SMILES string of the molecule is N#Cc1ccccc1C(=O)N1C[C@@H]2CCC[C@H](C2)C1. The summed E-state index contributed by atoms with van der Waals surface area (Å²) >= 11 is 0. The Bertz CT molecular complexity index is 520. The number of hydrogen-bond donors (Lipinski definition) is 0. The molecule has 2 fully saturated rings. The molecule has 0 aromatic heterocycles. The predicted octanol–water partition coefficient (Wildman–Crippen LogP) is 2.82. The Hall–Kier alpha value is -1.82. The normalized spacial score (nSPS) is 25.7. The quantitative estimate of drug-likeness (QED) is 0.773. The third-order valence-corrected chi connectivity index (χ3v) is 4.41. The Labute approximate surface area is 113 Å². The van der Waals surface area contributed by atoms with E-state index in [9.17, 15) is 4.79 Å². The van der Waals surface area contributed by atoms with E-state index < -0.39 is 0 Å². The Kier molecular flexibility index (Phi) is 3.25. The van der Waals surface area contributed by atoms with Crippen molar-refractivity contribution in [3.05, 3.63) is 35.4 Å². The van der Waals surface area contributed by atoms with Crippen LogP contribution in [0.3, 0.4) is 0 Å². The molecular weight excluding hydrogens is 236 g/mol. The van der Waals surface area contributed by atoms with Crippen molar-refractivity contribution in [3.8, 4) is 6.07 Å². The highest BCUT2D eigenvalue weighted by Crippen LogP contribution is 2.34. The Morgan fingerprint density at radius 1 is 1.21 bits per heavy atom. The van der Waals surface area contributed by atoms with Gasteiger partial charge in [-0.05, 0) is 43.2 Å². The van der Waals surface area contributed by atoms with Gasteiger partial charge >= 0.3 is 0 Å². The minimum absolute atomic E-state index is 0.0359. The first-order valence-electron chi connectivity index (χ1n) is 7.06. The molecule has 1 saturated heterocycles. The molecule has 2 aliphatic rings. The van der Waals surface area contributed by atoms with Crippen molar-refractivity contribution < 1.29 is 4.79 Å². The molecule has 1 aliphatic carbocycles. The van der Waals surface area contributed by atoms with E-state index in [1.165, 1.54) is 25.7 Å². The van der Waals surface area contributed by atoms with E-state index in [1.807, 2.05) is 11.0 Å². The standard InChI is InChI=1S/C16H18N2O/c17-9-14-6-1-2-7-15(14)16(19)18-10-12-4-3-5-13(8-12)11-18/h1-2,6-7,12-13H,3-5,8,10-11H2/t12-,13-/m1/s1. The maximum Gasteiger partial charge on any atom is 0.255 e. The molecule has 0 unspecified atom stereocenters. The summed E-state index contributed by atoms with van der Waals surface area (Å²) in [5, 5.41) is 9.11. The van der Waals surface area contributed by atoms with Gasteiger partial charge in [-0.25, -0.2) is 0 Å². The average molecular weight is 254 g/mol. The monoisotopic (exact) mass is 254 g/mol. The highest BCUT2D eigenvalue weighted by Gasteiger charge is 2.33. The smallest absolute Gasteiger partial charge is 0.255 e. The van der Waals surface area contributed by atoms with Gasteiger partial charge in [0.2, 0.25) is 0 Å². The van der Waals surface area contributed by atoms with E-state index >= 15 is 0 Å². The van der Waals surface area contributed by atoms with Gasteiger partial charge in [-0.1, -0.05) is 18.6 Å². The number of fused-ring (bicyclic) bond motifs is 2. The molecule has 1 amide bonds. The first kappa shape index (κ1) is 12.2. The van der Waals surface area contributed by atoms with Crippen LogP contribution in [0, 0.1) is 23.2 Å². The first-order chi connectivity index (χ1) is 9.28. The fraction of sp³-hybridized carbons (Fsp3) is 0.500. The lowest BCUT2D eigenvalue weighted by Gasteiger charge is -2.41. The predicted molar refractivity (Wildman–Crippen MR) is 72.5 cm³/mol. The lowest BCUT2D eigenvalue weighted by molar-refractivity contribution is 0.0504. The molecule has 1 saturated carbocycles. The summed E-state index contributed by atoms with van der Waals surface area (Å²) < 4.78 is 0. The zero-order valence-corrected chi connectivity index (χ0v) is 11.0. The minimum atomic E-state index is 0.0359. The molecule has 0 spiro atoms. The van der Waals surface area contributed by atoms with Crippen LogP contribution in [-0.4, -0.2) is 23.9 Å². The second-order valence-electron chi connectivity index (χ2n) is 5.77. The summed E-state index contributed by atoms with van der Waals surface area (Å²) in [6.45, 7) is 1.74. The zero-order valence-electron chi connectivity index (χ0n) is 11.0. The number of rotatable bonds is 1. The lowest BCUT2D eigenvalue weighted by Crippen LogP contribution is -2.45. The van der Waals surface area contributed by atoms with Crippen LogP contribution >= 0.6 is 0 Å². The summed E-state index contributed by atoms with van der Waals surface area (Å²) in [5.74, 6) is 1.38. The van der Waals surface area contributed by atoms with Crippen LogP contribution in [0.25, 0.3) is 0 Å². The molecular formula is C16H18N2O. The molecule has 1 aromatic carbocycles. The minimum Gasteiger partial charge on any atom is -0.338 e. The highest BCUT2D eigenvalue weighted by atomic mass is 16.2. The second kappa shape index (κ2) is 5.05. The van der Waals surface area contributed by atoms with E-state index in [-0.39, 0.29) is 5.91 Å². The van der Waals surface area contributed by atoms with Crippen LogP contribution < -0.4 is 0 Å². The van der Waals surface area contributed by atoms with E-state index in [4.69, 9.17) is 5.26 Å². The number of nitriles is 1. The van der Waals surface area contributed by atoms with E-state index in [0.717, 1.165) is 13.1 Å². The van der Waals surface area contributed by atoms with E-state index in [0.29, 0.717) is 23.0 Å². The number of carbonyl (C=O) groups is 1. The highest BCUT2D eigenvalue weighted by molar-refractivity contribution is 5.96. The van der Waals surface area contributed by atoms with E-state index in [2.05, 4.69) is 6.07 Å². The molecule has 3 nitrogen and oxygen atoms in total. The van der Waals surface area contributed by atoms with Gasteiger partial charge in [0.05, 0.1) is 17.2 Å². The summed E-state index contributed by atoms with van der Waals surface area (Å²) in [6, 6.07) is 9.25. The molecule has 2 atom stereocenters. The van der Waals surface area contributed by atoms with Gasteiger partial charge in [-0.2, -0.15) is 5.26 Å². The van der Waals surface area contributed by atoms with Crippen molar-refractivity contribution >= 4 is 5.91 Å². The van der Waals surface area contributed by atoms with Gasteiger partial charge in [0.15, 0.2) is 0 Å². The van der Waals surface area contributed by atoms with Crippen molar-refractivity contribution in [3.63, 3.8) is 0 Å². The number of hydrogen-bond acceptors (Lipinski definition) is 2. The molecule has 1 aromatic rings. The summed E-state index contributed by atoms with van der Waals surface area (Å²) in [5.41, 5.74) is 1.05. The zero-order chi connectivity index (χ0) is 13.2. The number of likely N-dealkylation sites (tertiary alicyclic amines) is 1. The van der Waals surface area contributed by atoms with Gasteiger partial charge in [-0.3, -0.25) is 4.79 Å². The maximum atomic E-state index is 12.6. The topological polar surface area (TPSA) is 44.1 Å². The summed E-state index contributed by atoms with van der Waals surface area (Å²) in [4.78, 5) is 14.6. The third-order valence-electron chi connectivity index (χ3n) is 4.41. The third kappa shape index (κ3) is 2.35. The molecule has 0 N–H and O–H groups in total. The Morgan fingerprint density at radius 3 is 2.58 bits per heavy atom. The van der Waals surface area contributed by atoms with Crippen LogP contribution in [0.4, 0.5) is 0 Å². The van der Waals surface area contributed by atoms with Gasteiger partial charge in [0, 0.05) is 13.1 Å². The molecule has 1 heterocycles. The van der Waals surface area contributed by atoms with Gasteiger partial charge < -0.3 is 4.90 Å². The van der Waals surface area contributed by atoms with Crippen molar-refractivity contribution in [2.45, 2.75) is 25.7 Å². The average Bonchev–Trinajstić information content (AvgIpc) is 2.46. The number of carbonyl (C=O) groups excluding carboxylic acids is 1. The van der Waals surface area contributed by atoms with Crippen LogP contribution in [0.2, 0.25) is 0 Å². The van der Waals surface area contributed by atoms with E-state index in [1.54, 1.807) is 18.2 Å². The van der Waals surface area contributed by atoms with Gasteiger partial charge in [-0.15, -0.1) is 0 Å². The Balaban J connectivity index is 1.82. The van der Waals surface area contributed by atoms with Gasteiger partial charge in [0.1, 0.15) is 0 Å². The number of piperidine rings is 1. The summed E-state index contributed by atoms with van der Waals surface area (Å²) in [6.07, 6.45) is 5.09. The largest absolute Gasteiger partial charge is 0.338 e. The molecule has 98 valence electrons. The maximum absolute atomic E-state index is 12.6. The fourth-order valence-corrected chi connectivity index (χ4v) is 3.54. The lowest BCUT2D eigenvalue weighted by atomic mass is 9.78. The molecule has 0 radical (unpaired) electrons. The van der Waals surface area contributed by atoms with Gasteiger partial charge in [0.25, 0.3) is 5.91 Å². The van der Waals surface area contributed by atoms with Crippen molar-refractivity contribution in [2.75, 3.05) is 13.1 Å². The van der Waals surface area contributed by atoms with Crippen LogP contribution in [0.5, 0.6) is 0 Å². The Morgan fingerprint density at radius 2 is 1.89 bits per heavy atom. The molecule has 1 aliphatic heterocycles. The van der Waals surface area contributed by atoms with Crippen LogP contribution in [0.1, 0.15) is 41.6 Å². The molecule has 3 heteroatoms. The van der Waals surface area contributed by atoms with Crippen molar-refractivity contribution in [1.82, 2.24) is 4.90 Å². The van der Waals surface area contributed by atoms with Crippen molar-refractivity contribution in [2.24, 2.45) is 11.8 Å². The number of nitrogens with zero attached hydrogens (tertiary/aromatic N) is 2. The fourth-order valence-electron chi connectivity index (χ4n) is 3.54. The van der Waals surface area contributed by atoms with Crippen molar-refractivity contribution in [1.29, 1.82) is 5.26 Å². The first-order valence-corrected chi connectivity index (χ1v) is 7.06. The number of benzene rings is 1. The second-order valence-corrected chi connectivity index (χ2v) is 5.77. The molecule has 2 bridgehead atoms.